The Kier molecular flexibility index (Phi) is 6.56. The molecule has 1 aliphatic rings. The maximum atomic E-state index is 12.2. The van der Waals surface area contributed by atoms with Gasteiger partial charge in [-0.1, -0.05) is 11.6 Å². The SMILES string of the molecule is CC(=O)c1cc(C(=O)O[C@H](C)C(=O)NCCC2=CCCCC2)n(C)c1. The second kappa shape index (κ2) is 8.65. The summed E-state index contributed by atoms with van der Waals surface area (Å²) >= 11 is 0. The number of carbonyl (C=O) groups excluding carboxylic acids is 3. The van der Waals surface area contributed by atoms with Gasteiger partial charge in [-0.2, -0.15) is 0 Å². The zero-order valence-electron chi connectivity index (χ0n) is 15.1. The van der Waals surface area contributed by atoms with Gasteiger partial charge in [0, 0.05) is 25.4 Å². The Morgan fingerprint density at radius 1 is 1.32 bits per heavy atom. The van der Waals surface area contributed by atoms with Gasteiger partial charge in [-0.3, -0.25) is 9.59 Å². The first-order valence-corrected chi connectivity index (χ1v) is 8.72. The number of nitrogens with zero attached hydrogens (tertiary/aromatic N) is 1. The lowest BCUT2D eigenvalue weighted by molar-refractivity contribution is -0.129. The molecule has 0 saturated heterocycles. The molecule has 0 fully saturated rings. The van der Waals surface area contributed by atoms with Crippen molar-refractivity contribution < 1.29 is 19.1 Å². The highest BCUT2D eigenvalue weighted by atomic mass is 16.5. The van der Waals surface area contributed by atoms with Crippen LogP contribution in [0.15, 0.2) is 23.9 Å². The molecule has 0 aromatic carbocycles. The number of amides is 1. The average Bonchev–Trinajstić information content (AvgIpc) is 2.98. The van der Waals surface area contributed by atoms with E-state index in [1.165, 1.54) is 36.0 Å². The third-order valence-electron chi connectivity index (χ3n) is 4.40. The van der Waals surface area contributed by atoms with E-state index in [4.69, 9.17) is 4.74 Å². The van der Waals surface area contributed by atoms with Crippen LogP contribution >= 0.6 is 0 Å². The number of Topliss-reactive ketones (excluding diaryl/α,β-unsaturated/α-hetero) is 1. The summed E-state index contributed by atoms with van der Waals surface area (Å²) in [7, 11) is 1.66. The molecule has 6 heteroatoms. The van der Waals surface area contributed by atoms with Gasteiger partial charge in [-0.25, -0.2) is 4.79 Å². The second-order valence-electron chi connectivity index (χ2n) is 6.48. The fraction of sp³-hybridized carbons (Fsp3) is 0.526. The lowest BCUT2D eigenvalue weighted by Gasteiger charge is -2.15. The average molecular weight is 346 g/mol. The minimum Gasteiger partial charge on any atom is -0.448 e. The number of hydrogen-bond acceptors (Lipinski definition) is 4. The third kappa shape index (κ3) is 5.31. The molecular formula is C19H26N2O4. The molecule has 0 unspecified atom stereocenters. The van der Waals surface area contributed by atoms with Crippen molar-refractivity contribution in [1.29, 1.82) is 0 Å². The Bertz CT molecular complexity index is 688. The van der Waals surface area contributed by atoms with Crippen molar-refractivity contribution >= 4 is 17.7 Å². The van der Waals surface area contributed by atoms with Crippen LogP contribution in [0.5, 0.6) is 0 Å². The molecule has 0 spiro atoms. The molecule has 25 heavy (non-hydrogen) atoms. The summed E-state index contributed by atoms with van der Waals surface area (Å²) in [4.78, 5) is 35.7. The quantitative estimate of drug-likeness (QED) is 0.468. The number of carbonyl (C=O) groups is 3. The summed E-state index contributed by atoms with van der Waals surface area (Å²) in [5, 5.41) is 2.81. The fourth-order valence-electron chi connectivity index (χ4n) is 2.86. The van der Waals surface area contributed by atoms with Gasteiger partial charge in [0.15, 0.2) is 11.9 Å². The molecule has 1 aromatic heterocycles. The Balaban J connectivity index is 1.82. The van der Waals surface area contributed by atoms with Crippen molar-refractivity contribution in [2.24, 2.45) is 7.05 Å². The van der Waals surface area contributed by atoms with Crippen molar-refractivity contribution in [1.82, 2.24) is 9.88 Å². The van der Waals surface area contributed by atoms with Crippen molar-refractivity contribution in [2.45, 2.75) is 52.1 Å². The molecule has 1 heterocycles. The van der Waals surface area contributed by atoms with Crippen LogP contribution in [0.1, 0.15) is 66.8 Å². The van der Waals surface area contributed by atoms with E-state index in [1.54, 1.807) is 20.2 Å². The number of nitrogens with one attached hydrogen (secondary N) is 1. The Morgan fingerprint density at radius 2 is 2.08 bits per heavy atom. The van der Waals surface area contributed by atoms with Gasteiger partial charge in [-0.05, 0) is 52.0 Å². The number of hydrogen-bond donors (Lipinski definition) is 1. The number of aromatic nitrogens is 1. The molecule has 1 atom stereocenters. The van der Waals surface area contributed by atoms with E-state index in [0.29, 0.717) is 12.1 Å². The zero-order valence-corrected chi connectivity index (χ0v) is 15.1. The first-order chi connectivity index (χ1) is 11.9. The van der Waals surface area contributed by atoms with Crippen LogP contribution in [0.4, 0.5) is 0 Å². The first-order valence-electron chi connectivity index (χ1n) is 8.72. The van der Waals surface area contributed by atoms with Crippen LogP contribution in [0.2, 0.25) is 0 Å². The molecule has 0 radical (unpaired) electrons. The molecule has 1 amide bonds. The monoisotopic (exact) mass is 346 g/mol. The molecule has 0 aliphatic heterocycles. The van der Waals surface area contributed by atoms with E-state index in [1.807, 2.05) is 0 Å². The molecule has 6 nitrogen and oxygen atoms in total. The Labute approximate surface area is 148 Å². The molecule has 1 aromatic rings. The number of ether oxygens (including phenoxy) is 1. The van der Waals surface area contributed by atoms with Gasteiger partial charge in [0.1, 0.15) is 5.69 Å². The lowest BCUT2D eigenvalue weighted by Crippen LogP contribution is -2.36. The molecule has 0 saturated carbocycles. The summed E-state index contributed by atoms with van der Waals surface area (Å²) in [5.41, 5.74) is 2.07. The van der Waals surface area contributed by atoms with E-state index < -0.39 is 12.1 Å². The summed E-state index contributed by atoms with van der Waals surface area (Å²) < 4.78 is 6.74. The van der Waals surface area contributed by atoms with E-state index in [-0.39, 0.29) is 17.4 Å². The van der Waals surface area contributed by atoms with Crippen LogP contribution in [-0.2, 0) is 16.6 Å². The van der Waals surface area contributed by atoms with Gasteiger partial charge < -0.3 is 14.6 Å². The second-order valence-corrected chi connectivity index (χ2v) is 6.48. The maximum absolute atomic E-state index is 12.2. The highest BCUT2D eigenvalue weighted by Gasteiger charge is 2.21. The molecule has 2 rings (SSSR count). The minimum absolute atomic E-state index is 0.127. The minimum atomic E-state index is -0.886. The van der Waals surface area contributed by atoms with Gasteiger partial charge in [0.2, 0.25) is 0 Å². The summed E-state index contributed by atoms with van der Waals surface area (Å²) in [5.74, 6) is -1.06. The molecule has 1 N–H and O–H groups in total. The number of aryl methyl sites for hydroxylation is 1. The smallest absolute Gasteiger partial charge is 0.355 e. The van der Waals surface area contributed by atoms with Crippen LogP contribution in [0.3, 0.4) is 0 Å². The number of allylic oxidation sites excluding steroid dienone is 1. The lowest BCUT2D eigenvalue weighted by atomic mass is 9.97. The topological polar surface area (TPSA) is 77.4 Å². The van der Waals surface area contributed by atoms with Crippen LogP contribution in [-0.4, -0.2) is 34.9 Å². The number of rotatable bonds is 7. The van der Waals surface area contributed by atoms with E-state index in [0.717, 1.165) is 19.3 Å². The number of ketones is 1. The highest BCUT2D eigenvalue weighted by Crippen LogP contribution is 2.19. The van der Waals surface area contributed by atoms with Crippen molar-refractivity contribution in [2.75, 3.05) is 6.54 Å². The standard InChI is InChI=1S/C19H26N2O4/c1-13(22)16-11-17(21(3)12-16)19(24)25-14(2)18(23)20-10-9-15-7-5-4-6-8-15/h7,11-12,14H,4-6,8-10H2,1-3H3,(H,20,23)/t14-/m1/s1. The van der Waals surface area contributed by atoms with Crippen LogP contribution in [0, 0.1) is 0 Å². The molecule has 136 valence electrons. The van der Waals surface area contributed by atoms with Gasteiger partial charge in [0.25, 0.3) is 5.91 Å². The first kappa shape index (κ1) is 19.0. The van der Waals surface area contributed by atoms with Crippen molar-refractivity contribution in [3.05, 3.63) is 35.2 Å². The van der Waals surface area contributed by atoms with Gasteiger partial charge in [-0.15, -0.1) is 0 Å². The summed E-state index contributed by atoms with van der Waals surface area (Å²) in [6, 6.07) is 1.48. The normalized spacial score (nSPS) is 15.2. The van der Waals surface area contributed by atoms with Gasteiger partial charge >= 0.3 is 5.97 Å². The predicted molar refractivity (Wildman–Crippen MR) is 94.5 cm³/mol. The molecular weight excluding hydrogens is 320 g/mol. The van der Waals surface area contributed by atoms with E-state index >= 15 is 0 Å². The maximum Gasteiger partial charge on any atom is 0.355 e. The van der Waals surface area contributed by atoms with Crippen molar-refractivity contribution in [3.63, 3.8) is 0 Å². The zero-order chi connectivity index (χ0) is 18.4. The van der Waals surface area contributed by atoms with E-state index in [2.05, 4.69) is 11.4 Å². The third-order valence-corrected chi connectivity index (χ3v) is 4.40. The highest BCUT2D eigenvalue weighted by molar-refractivity contribution is 5.98. The fourth-order valence-corrected chi connectivity index (χ4v) is 2.86. The molecule has 0 bridgehead atoms. The molecule has 1 aliphatic carbocycles. The summed E-state index contributed by atoms with van der Waals surface area (Å²) in [6.07, 6.45) is 8.46. The Hall–Kier alpha value is -2.37. The largest absolute Gasteiger partial charge is 0.448 e. The van der Waals surface area contributed by atoms with Crippen molar-refractivity contribution in [3.8, 4) is 0 Å². The van der Waals surface area contributed by atoms with E-state index in [9.17, 15) is 14.4 Å². The van der Waals surface area contributed by atoms with Crippen LogP contribution < -0.4 is 5.32 Å². The Morgan fingerprint density at radius 3 is 2.68 bits per heavy atom. The van der Waals surface area contributed by atoms with Gasteiger partial charge in [0.05, 0.1) is 0 Å². The number of esters is 1. The van der Waals surface area contributed by atoms with Crippen LogP contribution in [0.25, 0.3) is 0 Å². The summed E-state index contributed by atoms with van der Waals surface area (Å²) in [6.45, 7) is 3.52. The predicted octanol–water partition coefficient (Wildman–Crippen LogP) is 2.78.